The van der Waals surface area contributed by atoms with Crippen LogP contribution in [0.15, 0.2) is 12.1 Å². The van der Waals surface area contributed by atoms with E-state index in [9.17, 15) is 0 Å². The lowest BCUT2D eigenvalue weighted by Crippen LogP contribution is -2.27. The minimum Gasteiger partial charge on any atom is -0.493 e. The van der Waals surface area contributed by atoms with Crippen molar-refractivity contribution in [1.82, 2.24) is 5.32 Å². The quantitative estimate of drug-likeness (QED) is 0.822. The topological polar surface area (TPSA) is 39.7 Å². The molecular weight excluding hydrogens is 242 g/mol. The summed E-state index contributed by atoms with van der Waals surface area (Å²) in [4.78, 5) is 0. The summed E-state index contributed by atoms with van der Waals surface area (Å²) in [6.07, 6.45) is 3.56. The van der Waals surface area contributed by atoms with Gasteiger partial charge in [0.05, 0.1) is 7.11 Å². The van der Waals surface area contributed by atoms with Crippen molar-refractivity contribution in [3.05, 3.63) is 17.7 Å². The molecule has 1 atom stereocenters. The van der Waals surface area contributed by atoms with Crippen LogP contribution in [0.2, 0.25) is 0 Å². The van der Waals surface area contributed by atoms with E-state index in [1.807, 2.05) is 12.1 Å². The highest BCUT2D eigenvalue weighted by Gasteiger charge is 2.20. The molecular formula is C15H23NO3. The van der Waals surface area contributed by atoms with Crippen LogP contribution in [0.5, 0.6) is 17.2 Å². The molecule has 1 aliphatic rings. The fourth-order valence-corrected chi connectivity index (χ4v) is 2.35. The van der Waals surface area contributed by atoms with Gasteiger partial charge in [-0.3, -0.25) is 0 Å². The van der Waals surface area contributed by atoms with E-state index >= 15 is 0 Å². The van der Waals surface area contributed by atoms with Crippen LogP contribution in [0.4, 0.5) is 0 Å². The summed E-state index contributed by atoms with van der Waals surface area (Å²) in [6, 6.07) is 4.61. The number of fused-ring (bicyclic) bond motifs is 1. The molecule has 0 radical (unpaired) electrons. The first kappa shape index (κ1) is 14.0. The lowest BCUT2D eigenvalue weighted by molar-refractivity contribution is 0.171. The normalized spacial score (nSPS) is 14.5. The lowest BCUT2D eigenvalue weighted by Gasteiger charge is -2.16. The summed E-state index contributed by atoms with van der Waals surface area (Å²) in [6.45, 7) is 5.53. The van der Waals surface area contributed by atoms with Crippen molar-refractivity contribution >= 4 is 0 Å². The van der Waals surface area contributed by atoms with Gasteiger partial charge in [0.25, 0.3) is 0 Å². The maximum Gasteiger partial charge on any atom is 0.231 e. The molecule has 0 spiro atoms. The predicted molar refractivity (Wildman–Crippen MR) is 74.9 cm³/mol. The molecule has 1 N–H and O–H groups in total. The van der Waals surface area contributed by atoms with E-state index < -0.39 is 0 Å². The number of ether oxygens (including phenoxy) is 3. The van der Waals surface area contributed by atoms with E-state index in [0.29, 0.717) is 11.8 Å². The molecule has 0 aliphatic carbocycles. The lowest BCUT2D eigenvalue weighted by atomic mass is 10.1. The Bertz CT molecular complexity index is 420. The minimum absolute atomic E-state index is 0.274. The molecule has 19 heavy (non-hydrogen) atoms. The van der Waals surface area contributed by atoms with Gasteiger partial charge in [-0.2, -0.15) is 0 Å². The SMILES string of the molecule is CCCC(CC)NCc1cc(OC)c2c(c1)OCO2. The molecule has 1 aromatic rings. The third-order valence-electron chi connectivity index (χ3n) is 3.44. The third kappa shape index (κ3) is 3.32. The number of rotatable bonds is 7. The van der Waals surface area contributed by atoms with Crippen molar-refractivity contribution in [3.8, 4) is 17.2 Å². The molecule has 0 bridgehead atoms. The Hall–Kier alpha value is -1.42. The van der Waals surface area contributed by atoms with E-state index in [-0.39, 0.29) is 6.79 Å². The Morgan fingerprint density at radius 2 is 2.16 bits per heavy atom. The maximum atomic E-state index is 5.43. The zero-order valence-corrected chi connectivity index (χ0v) is 12.0. The molecule has 4 nitrogen and oxygen atoms in total. The van der Waals surface area contributed by atoms with Crippen molar-refractivity contribution in [3.63, 3.8) is 0 Å². The Kier molecular flexibility index (Phi) is 4.91. The summed E-state index contributed by atoms with van der Waals surface area (Å²) < 4.78 is 16.2. The van der Waals surface area contributed by atoms with E-state index in [1.165, 1.54) is 12.8 Å². The fraction of sp³-hybridized carbons (Fsp3) is 0.600. The summed E-state index contributed by atoms with van der Waals surface area (Å²) in [5.41, 5.74) is 1.16. The molecule has 1 heterocycles. The Morgan fingerprint density at radius 1 is 1.32 bits per heavy atom. The van der Waals surface area contributed by atoms with E-state index in [2.05, 4.69) is 19.2 Å². The second-order valence-corrected chi connectivity index (χ2v) is 4.81. The fourth-order valence-electron chi connectivity index (χ4n) is 2.35. The molecule has 1 aliphatic heterocycles. The summed E-state index contributed by atoms with van der Waals surface area (Å²) in [5.74, 6) is 2.24. The molecule has 0 fully saturated rings. The average Bonchev–Trinajstić information content (AvgIpc) is 2.90. The van der Waals surface area contributed by atoms with Crippen molar-refractivity contribution in [2.45, 2.75) is 45.7 Å². The van der Waals surface area contributed by atoms with Crippen molar-refractivity contribution in [2.75, 3.05) is 13.9 Å². The Balaban J connectivity index is 2.04. The van der Waals surface area contributed by atoms with Crippen LogP contribution in [0.3, 0.4) is 0 Å². The van der Waals surface area contributed by atoms with Gasteiger partial charge in [-0.05, 0) is 30.5 Å². The highest BCUT2D eigenvalue weighted by Crippen LogP contribution is 2.41. The van der Waals surface area contributed by atoms with Gasteiger partial charge in [0.15, 0.2) is 11.5 Å². The van der Waals surface area contributed by atoms with Gasteiger partial charge >= 0.3 is 0 Å². The van der Waals surface area contributed by atoms with Gasteiger partial charge in [0.1, 0.15) is 0 Å². The Labute approximate surface area is 115 Å². The number of methoxy groups -OCH3 is 1. The highest BCUT2D eigenvalue weighted by atomic mass is 16.7. The number of nitrogens with one attached hydrogen (secondary N) is 1. The Morgan fingerprint density at radius 3 is 2.84 bits per heavy atom. The number of hydrogen-bond acceptors (Lipinski definition) is 4. The molecule has 0 aromatic heterocycles. The van der Waals surface area contributed by atoms with Gasteiger partial charge in [0.2, 0.25) is 12.5 Å². The molecule has 0 amide bonds. The number of benzene rings is 1. The summed E-state index contributed by atoms with van der Waals surface area (Å²) >= 11 is 0. The average molecular weight is 265 g/mol. The molecule has 106 valence electrons. The van der Waals surface area contributed by atoms with Gasteiger partial charge in [-0.15, -0.1) is 0 Å². The smallest absolute Gasteiger partial charge is 0.231 e. The van der Waals surface area contributed by atoms with Crippen LogP contribution in [0.1, 0.15) is 38.7 Å². The minimum atomic E-state index is 0.274. The van der Waals surface area contributed by atoms with Gasteiger partial charge in [-0.25, -0.2) is 0 Å². The van der Waals surface area contributed by atoms with E-state index in [4.69, 9.17) is 14.2 Å². The molecule has 1 aromatic carbocycles. The van der Waals surface area contributed by atoms with Crippen molar-refractivity contribution < 1.29 is 14.2 Å². The van der Waals surface area contributed by atoms with Crippen LogP contribution in [0.25, 0.3) is 0 Å². The van der Waals surface area contributed by atoms with Crippen molar-refractivity contribution in [1.29, 1.82) is 0 Å². The third-order valence-corrected chi connectivity index (χ3v) is 3.44. The molecule has 0 saturated carbocycles. The summed E-state index contributed by atoms with van der Waals surface area (Å²) in [7, 11) is 1.65. The van der Waals surface area contributed by atoms with E-state index in [0.717, 1.165) is 30.0 Å². The van der Waals surface area contributed by atoms with Crippen LogP contribution in [0, 0.1) is 0 Å². The first-order valence-electron chi connectivity index (χ1n) is 6.98. The van der Waals surface area contributed by atoms with Crippen LogP contribution in [-0.4, -0.2) is 19.9 Å². The molecule has 2 rings (SSSR count). The van der Waals surface area contributed by atoms with Crippen LogP contribution >= 0.6 is 0 Å². The number of hydrogen-bond donors (Lipinski definition) is 1. The largest absolute Gasteiger partial charge is 0.493 e. The van der Waals surface area contributed by atoms with Crippen LogP contribution < -0.4 is 19.5 Å². The summed E-state index contributed by atoms with van der Waals surface area (Å²) in [5, 5.41) is 3.58. The van der Waals surface area contributed by atoms with Crippen molar-refractivity contribution in [2.24, 2.45) is 0 Å². The second kappa shape index (κ2) is 6.66. The van der Waals surface area contributed by atoms with Gasteiger partial charge < -0.3 is 19.5 Å². The molecule has 1 unspecified atom stereocenters. The highest BCUT2D eigenvalue weighted by molar-refractivity contribution is 5.55. The first-order chi connectivity index (χ1) is 9.28. The molecule has 0 saturated heterocycles. The maximum absolute atomic E-state index is 5.43. The monoisotopic (exact) mass is 265 g/mol. The molecule has 4 heteroatoms. The second-order valence-electron chi connectivity index (χ2n) is 4.81. The van der Waals surface area contributed by atoms with Crippen LogP contribution in [-0.2, 0) is 6.54 Å². The zero-order valence-electron chi connectivity index (χ0n) is 12.0. The van der Waals surface area contributed by atoms with Gasteiger partial charge in [-0.1, -0.05) is 20.3 Å². The standard InChI is InChI=1S/C15H23NO3/c1-4-6-12(5-2)16-9-11-7-13(17-3)15-14(8-11)18-10-19-15/h7-8,12,16H,4-6,9-10H2,1-3H3. The zero-order chi connectivity index (χ0) is 13.7. The first-order valence-corrected chi connectivity index (χ1v) is 6.98. The van der Waals surface area contributed by atoms with Gasteiger partial charge in [0, 0.05) is 12.6 Å². The van der Waals surface area contributed by atoms with E-state index in [1.54, 1.807) is 7.11 Å². The predicted octanol–water partition coefficient (Wildman–Crippen LogP) is 3.09.